The van der Waals surface area contributed by atoms with Gasteiger partial charge in [0, 0.05) is 12.6 Å². The molecule has 0 unspecified atom stereocenters. The maximum absolute atomic E-state index is 13.2. The molecule has 0 aliphatic carbocycles. The Morgan fingerprint density at radius 1 is 1.10 bits per heavy atom. The highest BCUT2D eigenvalue weighted by atomic mass is 35.5. The molecule has 1 aliphatic heterocycles. The van der Waals surface area contributed by atoms with Crippen molar-refractivity contribution < 1.29 is 36.1 Å². The Balaban J connectivity index is 1.56. The Labute approximate surface area is 232 Å². The fraction of sp³-hybridized carbons (Fsp3) is 0.115. The number of imide groups is 1. The van der Waals surface area contributed by atoms with Crippen LogP contribution in [0.5, 0.6) is 11.5 Å². The molecular weight excluding hydrogens is 571 g/mol. The normalized spacial score (nSPS) is 14.6. The van der Waals surface area contributed by atoms with Gasteiger partial charge in [0.15, 0.2) is 5.75 Å². The van der Waals surface area contributed by atoms with E-state index in [0.717, 1.165) is 16.7 Å². The van der Waals surface area contributed by atoms with E-state index in [0.29, 0.717) is 16.8 Å². The van der Waals surface area contributed by atoms with Gasteiger partial charge in [-0.1, -0.05) is 23.7 Å². The molecule has 0 saturated carbocycles. The van der Waals surface area contributed by atoms with Gasteiger partial charge in [0.05, 0.1) is 23.6 Å². The fourth-order valence-corrected chi connectivity index (χ4v) is 5.63. The molecule has 1 fully saturated rings. The number of nitrogens with one attached hydrogen (secondary N) is 1. The second-order valence-corrected chi connectivity index (χ2v) is 11.1. The molecule has 0 aromatic heterocycles. The molecule has 1 heterocycles. The van der Waals surface area contributed by atoms with Gasteiger partial charge in [0.1, 0.15) is 10.7 Å². The van der Waals surface area contributed by atoms with Crippen molar-refractivity contribution in [2.45, 2.75) is 18.4 Å². The summed E-state index contributed by atoms with van der Waals surface area (Å²) in [6.07, 6.45) is 1.42. The number of benzene rings is 3. The van der Waals surface area contributed by atoms with E-state index in [1.54, 1.807) is 0 Å². The topological polar surface area (TPSA) is 119 Å². The van der Waals surface area contributed by atoms with Crippen LogP contribution in [-0.4, -0.2) is 37.5 Å². The van der Waals surface area contributed by atoms with Crippen molar-refractivity contribution in [3.63, 3.8) is 0 Å². The maximum Gasteiger partial charge on any atom is 0.339 e. The third-order valence-corrected chi connectivity index (χ3v) is 7.76. The van der Waals surface area contributed by atoms with E-state index >= 15 is 0 Å². The van der Waals surface area contributed by atoms with Crippen LogP contribution in [0.4, 0.5) is 14.9 Å². The quantitative estimate of drug-likeness (QED) is 0.272. The highest BCUT2D eigenvalue weighted by molar-refractivity contribution is 8.18. The number of nitrogens with zero attached hydrogens (tertiary/aromatic N) is 1. The molecule has 3 amide bonds. The SMILES string of the molecule is COc1cc(/C=C2\SC(=O)N(Cc3ccc(F)cc3)C2=O)cc(Cl)c1OS(=O)(=O)c1ccc(NC(C)=O)cc1. The highest BCUT2D eigenvalue weighted by Crippen LogP contribution is 2.40. The van der Waals surface area contributed by atoms with Gasteiger partial charge in [-0.2, -0.15) is 8.42 Å². The first-order valence-electron chi connectivity index (χ1n) is 11.2. The maximum atomic E-state index is 13.2. The van der Waals surface area contributed by atoms with Gasteiger partial charge in [0.2, 0.25) is 11.7 Å². The van der Waals surface area contributed by atoms with E-state index in [4.69, 9.17) is 20.5 Å². The third kappa shape index (κ3) is 6.59. The molecule has 4 rings (SSSR count). The summed E-state index contributed by atoms with van der Waals surface area (Å²) >= 11 is 7.06. The lowest BCUT2D eigenvalue weighted by Gasteiger charge is -2.14. The van der Waals surface area contributed by atoms with E-state index in [9.17, 15) is 27.2 Å². The van der Waals surface area contributed by atoms with Gasteiger partial charge in [-0.05, 0) is 77.5 Å². The van der Waals surface area contributed by atoms with E-state index in [1.807, 2.05) is 0 Å². The Morgan fingerprint density at radius 3 is 2.38 bits per heavy atom. The summed E-state index contributed by atoms with van der Waals surface area (Å²) in [5.41, 5.74) is 1.34. The molecular formula is C26H20ClFN2O7S2. The van der Waals surface area contributed by atoms with E-state index < -0.39 is 27.1 Å². The number of hydrogen-bond acceptors (Lipinski definition) is 8. The molecule has 202 valence electrons. The smallest absolute Gasteiger partial charge is 0.339 e. The van der Waals surface area contributed by atoms with Crippen LogP contribution in [0.2, 0.25) is 5.02 Å². The predicted molar refractivity (Wildman–Crippen MR) is 144 cm³/mol. The van der Waals surface area contributed by atoms with Gasteiger partial charge in [-0.15, -0.1) is 0 Å². The van der Waals surface area contributed by atoms with Crippen LogP contribution >= 0.6 is 23.4 Å². The summed E-state index contributed by atoms with van der Waals surface area (Å²) < 4.78 is 49.4. The summed E-state index contributed by atoms with van der Waals surface area (Å²) in [7, 11) is -3.04. The Morgan fingerprint density at radius 2 is 1.77 bits per heavy atom. The van der Waals surface area contributed by atoms with Crippen LogP contribution in [0.15, 0.2) is 70.5 Å². The number of hydrogen-bond donors (Lipinski definition) is 1. The van der Waals surface area contributed by atoms with Crippen LogP contribution in [0.25, 0.3) is 6.08 Å². The number of rotatable bonds is 8. The number of ether oxygens (including phenoxy) is 1. The molecule has 3 aromatic carbocycles. The van der Waals surface area contributed by atoms with Crippen molar-refractivity contribution in [2.24, 2.45) is 0 Å². The van der Waals surface area contributed by atoms with Crippen molar-refractivity contribution in [3.05, 3.63) is 87.5 Å². The molecule has 1 N–H and O–H groups in total. The average Bonchev–Trinajstić information content (AvgIpc) is 3.13. The molecule has 1 saturated heterocycles. The van der Waals surface area contributed by atoms with Crippen molar-refractivity contribution in [2.75, 3.05) is 12.4 Å². The van der Waals surface area contributed by atoms with E-state index in [-0.39, 0.29) is 38.8 Å². The largest absolute Gasteiger partial charge is 0.493 e. The summed E-state index contributed by atoms with van der Waals surface area (Å²) in [6, 6.07) is 13.5. The van der Waals surface area contributed by atoms with Crippen LogP contribution < -0.4 is 14.2 Å². The van der Waals surface area contributed by atoms with Gasteiger partial charge < -0.3 is 14.2 Å². The second kappa shape index (κ2) is 11.5. The van der Waals surface area contributed by atoms with Gasteiger partial charge in [0.25, 0.3) is 11.1 Å². The molecule has 0 bridgehead atoms. The van der Waals surface area contributed by atoms with Gasteiger partial charge >= 0.3 is 10.1 Å². The monoisotopic (exact) mass is 590 g/mol. The molecule has 0 radical (unpaired) electrons. The predicted octanol–water partition coefficient (Wildman–Crippen LogP) is 5.45. The molecule has 9 nitrogen and oxygen atoms in total. The zero-order chi connectivity index (χ0) is 28.3. The van der Waals surface area contributed by atoms with Gasteiger partial charge in [-0.3, -0.25) is 19.3 Å². The zero-order valence-corrected chi connectivity index (χ0v) is 22.8. The van der Waals surface area contributed by atoms with Crippen LogP contribution in [0, 0.1) is 5.82 Å². The number of carbonyl (C=O) groups excluding carboxylic acids is 3. The standard InChI is InChI=1S/C26H20ClFN2O7S2/c1-15(31)29-19-7-9-20(10-8-19)39(34,35)37-24-21(27)11-17(12-22(24)36-2)13-23-25(32)30(26(33)38-23)14-16-3-5-18(28)6-4-16/h3-13H,14H2,1-2H3,(H,29,31)/b23-13-. The Hall–Kier alpha value is -3.87. The van der Waals surface area contributed by atoms with Crippen LogP contribution in [0.3, 0.4) is 0 Å². The number of anilines is 1. The van der Waals surface area contributed by atoms with Crippen LogP contribution in [-0.2, 0) is 26.3 Å². The molecule has 0 spiro atoms. The molecule has 39 heavy (non-hydrogen) atoms. The summed E-state index contributed by atoms with van der Waals surface area (Å²) in [5, 5.41) is 1.92. The number of halogens is 2. The minimum absolute atomic E-state index is 0.0250. The summed E-state index contributed by atoms with van der Waals surface area (Å²) in [4.78, 5) is 37.5. The first kappa shape index (κ1) is 28.1. The zero-order valence-electron chi connectivity index (χ0n) is 20.4. The first-order chi connectivity index (χ1) is 18.5. The molecule has 0 atom stereocenters. The lowest BCUT2D eigenvalue weighted by Crippen LogP contribution is -2.27. The van der Waals surface area contributed by atoms with Crippen LogP contribution in [0.1, 0.15) is 18.1 Å². The molecule has 13 heteroatoms. The minimum atomic E-state index is -4.33. The number of amides is 3. The third-order valence-electron chi connectivity index (χ3n) is 5.33. The summed E-state index contributed by atoms with van der Waals surface area (Å²) in [6.45, 7) is 1.30. The summed E-state index contributed by atoms with van der Waals surface area (Å²) in [5.74, 6) is -1.59. The van der Waals surface area contributed by atoms with E-state index in [2.05, 4.69) is 5.32 Å². The Bertz CT molecular complexity index is 1590. The second-order valence-electron chi connectivity index (χ2n) is 8.17. The highest BCUT2D eigenvalue weighted by Gasteiger charge is 2.35. The van der Waals surface area contributed by atoms with E-state index in [1.165, 1.54) is 80.8 Å². The lowest BCUT2D eigenvalue weighted by atomic mass is 10.1. The first-order valence-corrected chi connectivity index (χ1v) is 13.8. The molecule has 3 aromatic rings. The van der Waals surface area contributed by atoms with Crippen molar-refractivity contribution in [1.29, 1.82) is 0 Å². The fourth-order valence-electron chi connectivity index (χ4n) is 3.53. The Kier molecular flexibility index (Phi) is 8.28. The number of methoxy groups -OCH3 is 1. The van der Waals surface area contributed by atoms with Crippen molar-refractivity contribution in [1.82, 2.24) is 4.90 Å². The number of thioether (sulfide) groups is 1. The average molecular weight is 591 g/mol. The molecule has 1 aliphatic rings. The van der Waals surface area contributed by atoms with Crippen molar-refractivity contribution in [3.8, 4) is 11.5 Å². The van der Waals surface area contributed by atoms with Crippen molar-refractivity contribution >= 4 is 62.3 Å². The lowest BCUT2D eigenvalue weighted by molar-refractivity contribution is -0.123. The number of carbonyl (C=O) groups is 3. The minimum Gasteiger partial charge on any atom is -0.493 e. The van der Waals surface area contributed by atoms with Gasteiger partial charge in [-0.25, -0.2) is 4.39 Å².